The van der Waals surface area contributed by atoms with Crippen molar-refractivity contribution in [3.8, 4) is 0 Å². The molecule has 0 aliphatic rings. The molecule has 0 saturated heterocycles. The number of rotatable bonds is 31. The van der Waals surface area contributed by atoms with E-state index in [0.717, 1.165) is 38.5 Å². The Balaban J connectivity index is 4.57. The van der Waals surface area contributed by atoms with E-state index in [9.17, 15) is 19.5 Å². The van der Waals surface area contributed by atoms with E-state index in [1.165, 1.54) is 19.3 Å². The molecule has 0 amide bonds. The van der Waals surface area contributed by atoms with Crippen molar-refractivity contribution >= 4 is 17.9 Å². The molecule has 51 heavy (non-hydrogen) atoms. The van der Waals surface area contributed by atoms with Gasteiger partial charge in [-0.25, -0.2) is 4.79 Å². The highest BCUT2D eigenvalue weighted by molar-refractivity contribution is 5.72. The quantitative estimate of drug-likeness (QED) is 0.0252. The van der Waals surface area contributed by atoms with Gasteiger partial charge >= 0.3 is 17.9 Å². The van der Waals surface area contributed by atoms with Crippen LogP contribution in [0.2, 0.25) is 0 Å². The van der Waals surface area contributed by atoms with Crippen LogP contribution in [0.4, 0.5) is 0 Å². The average Bonchev–Trinajstić information content (AvgIpc) is 3.08. The first-order valence-electron chi connectivity index (χ1n) is 18.9. The van der Waals surface area contributed by atoms with Crippen LogP contribution < -0.4 is 0 Å². The van der Waals surface area contributed by atoms with Gasteiger partial charge in [0.1, 0.15) is 6.61 Å². The van der Waals surface area contributed by atoms with E-state index in [0.29, 0.717) is 19.3 Å². The minimum atomic E-state index is -0.894. The molecule has 0 radical (unpaired) electrons. The molecule has 0 spiro atoms. The molecule has 0 aliphatic heterocycles. The van der Waals surface area contributed by atoms with E-state index in [4.69, 9.17) is 14.2 Å². The number of allylic oxidation sites excluding steroid dienone is 16. The Morgan fingerprint density at radius 2 is 1.16 bits per heavy atom. The number of quaternary nitrogens is 1. The number of hydrogen-bond acceptors (Lipinski definition) is 6. The molecule has 0 rings (SSSR count). The summed E-state index contributed by atoms with van der Waals surface area (Å²) in [6, 6.07) is -0.632. The Labute approximate surface area is 309 Å². The highest BCUT2D eigenvalue weighted by Gasteiger charge is 2.31. The van der Waals surface area contributed by atoms with Crippen molar-refractivity contribution in [1.82, 2.24) is 0 Å². The summed E-state index contributed by atoms with van der Waals surface area (Å²) in [6.07, 6.45) is 43.3. The van der Waals surface area contributed by atoms with Crippen LogP contribution in [0.25, 0.3) is 0 Å². The van der Waals surface area contributed by atoms with Gasteiger partial charge < -0.3 is 23.8 Å². The van der Waals surface area contributed by atoms with Crippen molar-refractivity contribution in [2.24, 2.45) is 0 Å². The first-order chi connectivity index (χ1) is 24.6. The third kappa shape index (κ3) is 31.9. The van der Waals surface area contributed by atoms with Crippen molar-refractivity contribution in [2.75, 3.05) is 41.0 Å². The maximum absolute atomic E-state index is 12.6. The molecular formula is C43H68NO7+. The van der Waals surface area contributed by atoms with Crippen LogP contribution in [0.3, 0.4) is 0 Å². The van der Waals surface area contributed by atoms with Crippen molar-refractivity contribution in [3.63, 3.8) is 0 Å². The summed E-state index contributed by atoms with van der Waals surface area (Å²) in [7, 11) is 5.47. The van der Waals surface area contributed by atoms with Gasteiger partial charge in [0.05, 0.1) is 34.4 Å². The molecule has 2 atom stereocenters. The maximum Gasteiger partial charge on any atom is 0.362 e. The predicted molar refractivity (Wildman–Crippen MR) is 210 cm³/mol. The van der Waals surface area contributed by atoms with E-state index in [1.54, 1.807) is 0 Å². The summed E-state index contributed by atoms with van der Waals surface area (Å²) < 4.78 is 17.0. The molecule has 0 aliphatic carbocycles. The second kappa shape index (κ2) is 33.4. The standard InChI is InChI=1S/C43H67NO7/c1-6-8-10-12-14-16-17-18-19-20-21-22-23-24-25-26-28-30-32-34-42(46)51-39(37-49-36-35-40(43(47)48)44(3,4)5)38-50-41(45)33-31-29-27-15-13-11-9-7-2/h8,10,12,14,16-25,27,29,39-40H,6-7,9,11,13,15,26,28,30-38H2,1-5H3/p+1/b10-8+,14-12+,17-16+,19-18+,21-20+,23-22+,25-24+,29-27+. The maximum atomic E-state index is 12.6. The van der Waals surface area contributed by atoms with Crippen molar-refractivity contribution < 1.29 is 38.2 Å². The van der Waals surface area contributed by atoms with Crippen LogP contribution in [0.5, 0.6) is 0 Å². The van der Waals surface area contributed by atoms with Crippen LogP contribution in [0.1, 0.15) is 104 Å². The topological polar surface area (TPSA) is 99.1 Å². The minimum Gasteiger partial charge on any atom is -0.477 e. The minimum absolute atomic E-state index is 0.0236. The van der Waals surface area contributed by atoms with Gasteiger partial charge in [0.15, 0.2) is 12.1 Å². The third-order valence-electron chi connectivity index (χ3n) is 7.68. The van der Waals surface area contributed by atoms with E-state index in [-0.39, 0.29) is 49.1 Å². The zero-order valence-electron chi connectivity index (χ0n) is 32.3. The molecule has 0 saturated carbocycles. The summed E-state index contributed by atoms with van der Waals surface area (Å²) in [5.41, 5.74) is 0. The van der Waals surface area contributed by atoms with Crippen molar-refractivity contribution in [3.05, 3.63) is 97.2 Å². The Hall–Kier alpha value is -3.75. The van der Waals surface area contributed by atoms with Crippen LogP contribution >= 0.6 is 0 Å². The molecule has 1 N–H and O–H groups in total. The molecular weight excluding hydrogens is 642 g/mol. The Bertz CT molecular complexity index is 1150. The second-order valence-corrected chi connectivity index (χ2v) is 13.3. The number of likely N-dealkylation sites (N-methyl/N-ethyl adjacent to an activating group) is 1. The molecule has 0 aromatic heterocycles. The van der Waals surface area contributed by atoms with Gasteiger partial charge in [-0.05, 0) is 44.9 Å². The number of carboxylic acids is 1. The molecule has 0 fully saturated rings. The first kappa shape index (κ1) is 47.2. The molecule has 0 aromatic carbocycles. The van der Waals surface area contributed by atoms with Gasteiger partial charge in [0.2, 0.25) is 0 Å². The summed E-state index contributed by atoms with van der Waals surface area (Å²) in [6.45, 7) is 4.41. The molecule has 2 unspecified atom stereocenters. The van der Waals surface area contributed by atoms with Gasteiger partial charge in [-0.15, -0.1) is 0 Å². The van der Waals surface area contributed by atoms with Crippen molar-refractivity contribution in [1.29, 1.82) is 0 Å². The van der Waals surface area contributed by atoms with Crippen LogP contribution in [0, 0.1) is 0 Å². The average molecular weight is 711 g/mol. The number of aliphatic carboxylic acids is 1. The van der Waals surface area contributed by atoms with E-state index >= 15 is 0 Å². The number of hydrogen-bond donors (Lipinski definition) is 1. The van der Waals surface area contributed by atoms with Crippen molar-refractivity contribution in [2.45, 2.75) is 116 Å². The Morgan fingerprint density at radius 1 is 0.608 bits per heavy atom. The third-order valence-corrected chi connectivity index (χ3v) is 7.68. The number of carbonyl (C=O) groups excluding carboxylic acids is 2. The van der Waals surface area contributed by atoms with Crippen LogP contribution in [0.15, 0.2) is 97.2 Å². The molecule has 8 nitrogen and oxygen atoms in total. The Morgan fingerprint density at radius 3 is 1.73 bits per heavy atom. The number of carbonyl (C=O) groups is 3. The lowest BCUT2D eigenvalue weighted by molar-refractivity contribution is -0.887. The van der Waals surface area contributed by atoms with Gasteiger partial charge in [-0.3, -0.25) is 9.59 Å². The number of unbranched alkanes of at least 4 members (excludes halogenated alkanes) is 7. The monoisotopic (exact) mass is 710 g/mol. The predicted octanol–water partition coefficient (Wildman–Crippen LogP) is 9.57. The van der Waals surface area contributed by atoms with E-state index < -0.39 is 18.1 Å². The molecule has 8 heteroatoms. The molecule has 0 heterocycles. The first-order valence-corrected chi connectivity index (χ1v) is 18.9. The summed E-state index contributed by atoms with van der Waals surface area (Å²) >= 11 is 0. The van der Waals surface area contributed by atoms with E-state index in [1.807, 2.05) is 100 Å². The molecule has 286 valence electrons. The normalized spacial score (nSPS) is 14.1. The highest BCUT2D eigenvalue weighted by Crippen LogP contribution is 2.11. The van der Waals surface area contributed by atoms with Crippen LogP contribution in [-0.4, -0.2) is 80.6 Å². The van der Waals surface area contributed by atoms with Gasteiger partial charge in [-0.2, -0.15) is 0 Å². The lowest BCUT2D eigenvalue weighted by Crippen LogP contribution is -2.50. The summed E-state index contributed by atoms with van der Waals surface area (Å²) in [4.78, 5) is 36.6. The molecule has 0 aromatic rings. The summed E-state index contributed by atoms with van der Waals surface area (Å²) in [5, 5.41) is 9.57. The number of ether oxygens (including phenoxy) is 3. The number of carboxylic acid groups (broad SMARTS) is 1. The smallest absolute Gasteiger partial charge is 0.362 e. The van der Waals surface area contributed by atoms with Gasteiger partial charge in [0, 0.05) is 19.3 Å². The fraction of sp³-hybridized carbons (Fsp3) is 0.558. The van der Waals surface area contributed by atoms with Crippen LogP contribution in [-0.2, 0) is 28.6 Å². The fourth-order valence-electron chi connectivity index (χ4n) is 4.74. The lowest BCUT2D eigenvalue weighted by Gasteiger charge is -2.31. The lowest BCUT2D eigenvalue weighted by atomic mass is 10.1. The van der Waals surface area contributed by atoms with Gasteiger partial charge in [-0.1, -0.05) is 137 Å². The molecule has 0 bridgehead atoms. The van der Waals surface area contributed by atoms with Gasteiger partial charge in [0.25, 0.3) is 0 Å². The number of nitrogens with zero attached hydrogens (tertiary/aromatic N) is 1. The highest BCUT2D eigenvalue weighted by atomic mass is 16.6. The van der Waals surface area contributed by atoms with E-state index in [2.05, 4.69) is 32.1 Å². The Kier molecular flexibility index (Phi) is 30.9. The number of esters is 2. The second-order valence-electron chi connectivity index (χ2n) is 13.3. The fourth-order valence-corrected chi connectivity index (χ4v) is 4.74. The summed E-state index contributed by atoms with van der Waals surface area (Å²) in [5.74, 6) is -1.61. The zero-order valence-corrected chi connectivity index (χ0v) is 32.3. The largest absolute Gasteiger partial charge is 0.477 e. The SMILES string of the molecule is CC/C=C/C=C/C=C/C=C/C=C/C=C/C=C/CCCCCC(=O)OC(COCCC(C(=O)O)[N+](C)(C)C)COC(=O)CC/C=C/CCCCCC. The zero-order chi connectivity index (χ0) is 37.8.